The SMILES string of the molecule is O=C1NCCN(C(=O)Cc2nc3ccccc3[nH]2)C1c1cccc(F)c1. The van der Waals surface area contributed by atoms with Crippen LogP contribution < -0.4 is 5.32 Å². The van der Waals surface area contributed by atoms with Crippen LogP contribution in [0.4, 0.5) is 4.39 Å². The first-order valence-corrected chi connectivity index (χ1v) is 8.38. The number of fused-ring (bicyclic) bond motifs is 1. The van der Waals surface area contributed by atoms with Crippen LogP contribution in [0, 0.1) is 5.82 Å². The number of benzene rings is 2. The summed E-state index contributed by atoms with van der Waals surface area (Å²) in [5.41, 5.74) is 2.10. The van der Waals surface area contributed by atoms with Gasteiger partial charge in [0.25, 0.3) is 0 Å². The predicted octanol–water partition coefficient (Wildman–Crippen LogP) is 1.94. The number of carbonyl (C=O) groups excluding carboxylic acids is 2. The molecule has 0 aliphatic carbocycles. The van der Waals surface area contributed by atoms with Gasteiger partial charge in [0.1, 0.15) is 17.7 Å². The van der Waals surface area contributed by atoms with E-state index in [2.05, 4.69) is 15.3 Å². The lowest BCUT2D eigenvalue weighted by Gasteiger charge is -2.35. The Morgan fingerprint density at radius 2 is 2.08 bits per heavy atom. The first kappa shape index (κ1) is 16.3. The van der Waals surface area contributed by atoms with Crippen molar-refractivity contribution in [3.05, 3.63) is 65.7 Å². The molecule has 1 aromatic heterocycles. The van der Waals surface area contributed by atoms with Crippen LogP contribution in [0.5, 0.6) is 0 Å². The minimum absolute atomic E-state index is 0.0494. The molecule has 2 amide bonds. The minimum atomic E-state index is -0.837. The Morgan fingerprint density at radius 1 is 1.23 bits per heavy atom. The van der Waals surface area contributed by atoms with E-state index in [1.807, 2.05) is 24.3 Å². The number of hydrogen-bond donors (Lipinski definition) is 2. The highest BCUT2D eigenvalue weighted by molar-refractivity contribution is 5.90. The van der Waals surface area contributed by atoms with Gasteiger partial charge in [0.15, 0.2) is 0 Å². The number of imidazole rings is 1. The maximum absolute atomic E-state index is 13.6. The van der Waals surface area contributed by atoms with Gasteiger partial charge in [0, 0.05) is 13.1 Å². The molecule has 1 atom stereocenters. The molecule has 1 saturated heterocycles. The minimum Gasteiger partial charge on any atom is -0.352 e. The van der Waals surface area contributed by atoms with Gasteiger partial charge in [-0.25, -0.2) is 9.37 Å². The number of halogens is 1. The quantitative estimate of drug-likeness (QED) is 0.756. The fourth-order valence-electron chi connectivity index (χ4n) is 3.28. The van der Waals surface area contributed by atoms with Gasteiger partial charge in [-0.05, 0) is 29.8 Å². The molecule has 26 heavy (non-hydrogen) atoms. The van der Waals surface area contributed by atoms with E-state index in [-0.39, 0.29) is 18.2 Å². The van der Waals surface area contributed by atoms with Crippen LogP contribution in [0.25, 0.3) is 11.0 Å². The third kappa shape index (κ3) is 3.03. The fourth-order valence-corrected chi connectivity index (χ4v) is 3.28. The van der Waals surface area contributed by atoms with Gasteiger partial charge in [-0.1, -0.05) is 24.3 Å². The number of aromatic nitrogens is 2. The second kappa shape index (κ2) is 6.59. The van der Waals surface area contributed by atoms with E-state index in [1.165, 1.54) is 23.1 Å². The second-order valence-corrected chi connectivity index (χ2v) is 6.21. The number of para-hydroxylation sites is 2. The topological polar surface area (TPSA) is 78.1 Å². The second-order valence-electron chi connectivity index (χ2n) is 6.21. The van der Waals surface area contributed by atoms with Gasteiger partial charge in [-0.15, -0.1) is 0 Å². The zero-order valence-electron chi connectivity index (χ0n) is 13.9. The van der Waals surface area contributed by atoms with E-state index in [0.29, 0.717) is 24.5 Å². The number of H-pyrrole nitrogens is 1. The van der Waals surface area contributed by atoms with Crippen molar-refractivity contribution in [2.45, 2.75) is 12.5 Å². The zero-order valence-corrected chi connectivity index (χ0v) is 13.9. The normalized spacial score (nSPS) is 17.3. The Morgan fingerprint density at radius 3 is 2.88 bits per heavy atom. The molecule has 1 aliphatic heterocycles. The van der Waals surface area contributed by atoms with E-state index < -0.39 is 11.9 Å². The number of amides is 2. The highest BCUT2D eigenvalue weighted by Crippen LogP contribution is 2.25. The molecule has 2 aromatic carbocycles. The molecule has 0 radical (unpaired) electrons. The summed E-state index contributed by atoms with van der Waals surface area (Å²) in [4.78, 5) is 34.2. The first-order valence-electron chi connectivity index (χ1n) is 8.38. The van der Waals surface area contributed by atoms with Gasteiger partial charge in [-0.3, -0.25) is 9.59 Å². The van der Waals surface area contributed by atoms with Gasteiger partial charge >= 0.3 is 0 Å². The summed E-state index contributed by atoms with van der Waals surface area (Å²) in [6.45, 7) is 0.739. The number of nitrogens with zero attached hydrogens (tertiary/aromatic N) is 2. The van der Waals surface area contributed by atoms with Crippen molar-refractivity contribution in [1.82, 2.24) is 20.2 Å². The van der Waals surface area contributed by atoms with Crippen LogP contribution in [-0.2, 0) is 16.0 Å². The average Bonchev–Trinajstić information content (AvgIpc) is 3.03. The third-order valence-corrected chi connectivity index (χ3v) is 4.45. The zero-order chi connectivity index (χ0) is 18.1. The van der Waals surface area contributed by atoms with Crippen molar-refractivity contribution in [2.24, 2.45) is 0 Å². The van der Waals surface area contributed by atoms with Crippen LogP contribution in [0.1, 0.15) is 17.4 Å². The van der Waals surface area contributed by atoms with Gasteiger partial charge in [0.05, 0.1) is 17.5 Å². The number of piperazine rings is 1. The standard InChI is InChI=1S/C19H17FN4O2/c20-13-5-3-4-12(10-13)18-19(26)21-8-9-24(18)17(25)11-16-22-14-6-1-2-7-15(14)23-16/h1-7,10,18H,8-9,11H2,(H,21,26)(H,22,23). The summed E-state index contributed by atoms with van der Waals surface area (Å²) in [5, 5.41) is 2.74. The number of nitrogens with one attached hydrogen (secondary N) is 2. The Balaban J connectivity index is 1.60. The molecule has 0 saturated carbocycles. The molecule has 132 valence electrons. The van der Waals surface area contributed by atoms with Gasteiger partial charge in [-0.2, -0.15) is 0 Å². The molecule has 0 bridgehead atoms. The molecule has 6 nitrogen and oxygen atoms in total. The summed E-state index contributed by atoms with van der Waals surface area (Å²) >= 11 is 0. The van der Waals surface area contributed by atoms with Crippen molar-refractivity contribution in [2.75, 3.05) is 13.1 Å². The summed E-state index contributed by atoms with van der Waals surface area (Å²) in [5.74, 6) is -0.432. The fraction of sp³-hybridized carbons (Fsp3) is 0.211. The largest absolute Gasteiger partial charge is 0.352 e. The summed E-state index contributed by atoms with van der Waals surface area (Å²) in [6.07, 6.45) is 0.0494. The van der Waals surface area contributed by atoms with E-state index in [1.54, 1.807) is 6.07 Å². The molecule has 4 rings (SSSR count). The van der Waals surface area contributed by atoms with E-state index >= 15 is 0 Å². The van der Waals surface area contributed by atoms with E-state index in [9.17, 15) is 14.0 Å². The highest BCUT2D eigenvalue weighted by atomic mass is 19.1. The predicted molar refractivity (Wildman–Crippen MR) is 93.7 cm³/mol. The molecule has 7 heteroatoms. The van der Waals surface area contributed by atoms with Crippen molar-refractivity contribution >= 4 is 22.8 Å². The molecule has 0 spiro atoms. The van der Waals surface area contributed by atoms with Crippen LogP contribution in [0.2, 0.25) is 0 Å². The molecule has 1 aliphatic rings. The monoisotopic (exact) mass is 352 g/mol. The summed E-state index contributed by atoms with van der Waals surface area (Å²) in [7, 11) is 0. The lowest BCUT2D eigenvalue weighted by molar-refractivity contribution is -0.143. The molecule has 2 N–H and O–H groups in total. The smallest absolute Gasteiger partial charge is 0.247 e. The molecular weight excluding hydrogens is 335 g/mol. The number of carbonyl (C=O) groups is 2. The van der Waals surface area contributed by atoms with Crippen LogP contribution in [0.3, 0.4) is 0 Å². The number of aromatic amines is 1. The Labute approximate surface area is 149 Å². The maximum atomic E-state index is 13.6. The van der Waals surface area contributed by atoms with E-state index in [0.717, 1.165) is 11.0 Å². The third-order valence-electron chi connectivity index (χ3n) is 4.45. The number of rotatable bonds is 3. The molecule has 3 aromatic rings. The van der Waals surface area contributed by atoms with Crippen molar-refractivity contribution in [3.63, 3.8) is 0 Å². The Kier molecular flexibility index (Phi) is 4.12. The molecule has 1 unspecified atom stereocenters. The van der Waals surface area contributed by atoms with E-state index in [4.69, 9.17) is 0 Å². The highest BCUT2D eigenvalue weighted by Gasteiger charge is 2.34. The Hall–Kier alpha value is -3.22. The molecular formula is C19H17FN4O2. The van der Waals surface area contributed by atoms with Crippen molar-refractivity contribution in [3.8, 4) is 0 Å². The maximum Gasteiger partial charge on any atom is 0.247 e. The summed E-state index contributed by atoms with van der Waals surface area (Å²) < 4.78 is 13.6. The number of hydrogen-bond acceptors (Lipinski definition) is 3. The average molecular weight is 352 g/mol. The first-order chi connectivity index (χ1) is 12.6. The molecule has 2 heterocycles. The van der Waals surface area contributed by atoms with Gasteiger partial charge in [0.2, 0.25) is 11.8 Å². The Bertz CT molecular complexity index is 951. The molecule has 1 fully saturated rings. The van der Waals surface area contributed by atoms with Crippen molar-refractivity contribution in [1.29, 1.82) is 0 Å². The van der Waals surface area contributed by atoms with Crippen LogP contribution in [0.15, 0.2) is 48.5 Å². The van der Waals surface area contributed by atoms with Crippen LogP contribution in [-0.4, -0.2) is 39.8 Å². The van der Waals surface area contributed by atoms with Crippen LogP contribution >= 0.6 is 0 Å². The lowest BCUT2D eigenvalue weighted by atomic mass is 10.0. The lowest BCUT2D eigenvalue weighted by Crippen LogP contribution is -2.52. The van der Waals surface area contributed by atoms with Crippen molar-refractivity contribution < 1.29 is 14.0 Å². The van der Waals surface area contributed by atoms with Gasteiger partial charge < -0.3 is 15.2 Å². The summed E-state index contributed by atoms with van der Waals surface area (Å²) in [6, 6.07) is 12.5.